The van der Waals surface area contributed by atoms with Crippen molar-refractivity contribution in [2.45, 2.75) is 6.54 Å². The highest BCUT2D eigenvalue weighted by molar-refractivity contribution is 5.78. The van der Waals surface area contributed by atoms with Gasteiger partial charge in [-0.25, -0.2) is 0 Å². The summed E-state index contributed by atoms with van der Waals surface area (Å²) in [4.78, 5) is 23.1. The van der Waals surface area contributed by atoms with E-state index in [1.807, 2.05) is 25.4 Å². The van der Waals surface area contributed by atoms with Crippen LogP contribution in [0.5, 0.6) is 11.5 Å². The zero-order valence-corrected chi connectivity index (χ0v) is 13.8. The molecule has 2 aromatic heterocycles. The predicted molar refractivity (Wildman–Crippen MR) is 92.3 cm³/mol. The molecule has 0 saturated carbocycles. The Hall–Kier alpha value is -3.29. The SMILES string of the molecule is COc1ccc(OCCn2ccc3ccn(C)c3c2=O)c([N+](=O)[O-])c1. The summed E-state index contributed by atoms with van der Waals surface area (Å²) in [5.74, 6) is 0.517. The number of hydrogen-bond donors (Lipinski definition) is 0. The van der Waals surface area contributed by atoms with Crippen LogP contribution in [0.15, 0.2) is 47.5 Å². The summed E-state index contributed by atoms with van der Waals surface area (Å²) in [5.41, 5.74) is 0.306. The maximum atomic E-state index is 12.5. The molecule has 8 heteroatoms. The molecule has 8 nitrogen and oxygen atoms in total. The number of fused-ring (bicyclic) bond motifs is 1. The Morgan fingerprint density at radius 2 is 1.96 bits per heavy atom. The largest absolute Gasteiger partial charge is 0.496 e. The molecule has 0 unspecified atom stereocenters. The minimum atomic E-state index is -0.528. The van der Waals surface area contributed by atoms with Crippen molar-refractivity contribution in [3.63, 3.8) is 0 Å². The fourth-order valence-corrected chi connectivity index (χ4v) is 2.65. The van der Waals surface area contributed by atoms with E-state index in [2.05, 4.69) is 0 Å². The van der Waals surface area contributed by atoms with Crippen LogP contribution in [0.2, 0.25) is 0 Å². The number of benzene rings is 1. The quantitative estimate of drug-likeness (QED) is 0.506. The summed E-state index contributed by atoms with van der Waals surface area (Å²) in [6.45, 7) is 0.409. The summed E-state index contributed by atoms with van der Waals surface area (Å²) in [5, 5.41) is 12.0. The van der Waals surface area contributed by atoms with E-state index in [0.29, 0.717) is 11.3 Å². The van der Waals surface area contributed by atoms with E-state index < -0.39 is 4.92 Å². The van der Waals surface area contributed by atoms with Gasteiger partial charge in [-0.05, 0) is 24.3 Å². The van der Waals surface area contributed by atoms with Crippen molar-refractivity contribution in [3.8, 4) is 11.5 Å². The van der Waals surface area contributed by atoms with Gasteiger partial charge in [-0.2, -0.15) is 0 Å². The Labute approximate surface area is 143 Å². The molecule has 25 heavy (non-hydrogen) atoms. The summed E-state index contributed by atoms with van der Waals surface area (Å²) < 4.78 is 13.8. The Morgan fingerprint density at radius 1 is 1.20 bits per heavy atom. The van der Waals surface area contributed by atoms with E-state index in [9.17, 15) is 14.9 Å². The second-order valence-corrected chi connectivity index (χ2v) is 5.48. The first-order chi connectivity index (χ1) is 12.0. The number of nitro benzene ring substituents is 1. The molecule has 0 fully saturated rings. The molecule has 3 rings (SSSR count). The lowest BCUT2D eigenvalue weighted by Crippen LogP contribution is -2.23. The fraction of sp³-hybridized carbons (Fsp3) is 0.235. The van der Waals surface area contributed by atoms with Gasteiger partial charge in [0.1, 0.15) is 17.9 Å². The van der Waals surface area contributed by atoms with Gasteiger partial charge in [0.25, 0.3) is 5.56 Å². The first-order valence-electron chi connectivity index (χ1n) is 7.61. The minimum Gasteiger partial charge on any atom is -0.496 e. The van der Waals surface area contributed by atoms with Crippen molar-refractivity contribution in [2.75, 3.05) is 13.7 Å². The Morgan fingerprint density at radius 3 is 2.68 bits per heavy atom. The molecular formula is C17H17N3O5. The average molecular weight is 343 g/mol. The molecule has 2 heterocycles. The van der Waals surface area contributed by atoms with E-state index >= 15 is 0 Å². The molecule has 0 spiro atoms. The summed E-state index contributed by atoms with van der Waals surface area (Å²) >= 11 is 0. The number of aryl methyl sites for hydroxylation is 1. The minimum absolute atomic E-state index is 0.127. The van der Waals surface area contributed by atoms with Gasteiger partial charge in [0.05, 0.1) is 24.6 Å². The van der Waals surface area contributed by atoms with Crippen LogP contribution in [0.4, 0.5) is 5.69 Å². The molecule has 0 radical (unpaired) electrons. The smallest absolute Gasteiger partial charge is 0.314 e. The van der Waals surface area contributed by atoms with Crippen LogP contribution < -0.4 is 15.0 Å². The predicted octanol–water partition coefficient (Wildman–Crippen LogP) is 2.34. The van der Waals surface area contributed by atoms with E-state index in [4.69, 9.17) is 9.47 Å². The normalized spacial score (nSPS) is 10.8. The highest BCUT2D eigenvalue weighted by atomic mass is 16.6. The fourth-order valence-electron chi connectivity index (χ4n) is 2.65. The van der Waals surface area contributed by atoms with Crippen LogP contribution in [0.3, 0.4) is 0 Å². The topological polar surface area (TPSA) is 88.5 Å². The second kappa shape index (κ2) is 6.68. The van der Waals surface area contributed by atoms with Crippen LogP contribution in [0.1, 0.15) is 0 Å². The molecule has 1 aromatic carbocycles. The first-order valence-corrected chi connectivity index (χ1v) is 7.61. The van der Waals surface area contributed by atoms with Crippen LogP contribution in [0, 0.1) is 10.1 Å². The highest BCUT2D eigenvalue weighted by Crippen LogP contribution is 2.30. The van der Waals surface area contributed by atoms with E-state index in [0.717, 1.165) is 5.39 Å². The lowest BCUT2D eigenvalue weighted by Gasteiger charge is -2.10. The van der Waals surface area contributed by atoms with Gasteiger partial charge in [-0.3, -0.25) is 14.9 Å². The third kappa shape index (κ3) is 3.18. The molecule has 0 amide bonds. The van der Waals surface area contributed by atoms with Crippen molar-refractivity contribution in [1.82, 2.24) is 9.13 Å². The maximum absolute atomic E-state index is 12.5. The Bertz CT molecular complexity index is 990. The summed E-state index contributed by atoms with van der Waals surface area (Å²) in [6, 6.07) is 8.10. The zero-order valence-electron chi connectivity index (χ0n) is 13.8. The number of nitro groups is 1. The van der Waals surface area contributed by atoms with Crippen molar-refractivity contribution < 1.29 is 14.4 Å². The monoisotopic (exact) mass is 343 g/mol. The molecule has 0 saturated heterocycles. The van der Waals surface area contributed by atoms with Crippen LogP contribution in [-0.2, 0) is 13.6 Å². The first kappa shape index (κ1) is 16.6. The molecule has 0 bridgehead atoms. The molecule has 130 valence electrons. The van der Waals surface area contributed by atoms with Crippen LogP contribution in [-0.4, -0.2) is 27.8 Å². The molecule has 0 N–H and O–H groups in total. The number of pyridine rings is 1. The second-order valence-electron chi connectivity index (χ2n) is 5.48. The van der Waals surface area contributed by atoms with Gasteiger partial charge in [-0.1, -0.05) is 0 Å². The van der Waals surface area contributed by atoms with Crippen molar-refractivity contribution in [2.24, 2.45) is 7.05 Å². The summed E-state index contributed by atoms with van der Waals surface area (Å²) in [7, 11) is 3.25. The lowest BCUT2D eigenvalue weighted by atomic mass is 10.3. The van der Waals surface area contributed by atoms with Gasteiger partial charge < -0.3 is 18.6 Å². The van der Waals surface area contributed by atoms with Gasteiger partial charge in [0, 0.05) is 24.8 Å². The summed E-state index contributed by atoms with van der Waals surface area (Å²) in [6.07, 6.45) is 3.52. The third-order valence-corrected chi connectivity index (χ3v) is 3.95. The maximum Gasteiger partial charge on any atom is 0.314 e. The van der Waals surface area contributed by atoms with Gasteiger partial charge >= 0.3 is 5.69 Å². The Kier molecular flexibility index (Phi) is 4.42. The van der Waals surface area contributed by atoms with E-state index in [-0.39, 0.29) is 30.1 Å². The third-order valence-electron chi connectivity index (χ3n) is 3.95. The average Bonchev–Trinajstić information content (AvgIpc) is 2.98. The van der Waals surface area contributed by atoms with E-state index in [1.165, 1.54) is 23.8 Å². The zero-order chi connectivity index (χ0) is 18.0. The Balaban J connectivity index is 1.77. The van der Waals surface area contributed by atoms with Gasteiger partial charge in [0.2, 0.25) is 0 Å². The lowest BCUT2D eigenvalue weighted by molar-refractivity contribution is -0.385. The van der Waals surface area contributed by atoms with Gasteiger partial charge in [0.15, 0.2) is 5.75 Å². The van der Waals surface area contributed by atoms with Crippen LogP contribution in [0.25, 0.3) is 10.9 Å². The number of aromatic nitrogens is 2. The number of nitrogens with zero attached hydrogens (tertiary/aromatic N) is 3. The van der Waals surface area contributed by atoms with Gasteiger partial charge in [-0.15, -0.1) is 0 Å². The number of methoxy groups -OCH3 is 1. The van der Waals surface area contributed by atoms with Crippen molar-refractivity contribution in [3.05, 3.63) is 63.2 Å². The molecule has 0 atom stereocenters. The molecule has 0 aliphatic rings. The van der Waals surface area contributed by atoms with Crippen molar-refractivity contribution in [1.29, 1.82) is 0 Å². The van der Waals surface area contributed by atoms with E-state index in [1.54, 1.807) is 16.8 Å². The highest BCUT2D eigenvalue weighted by Gasteiger charge is 2.16. The van der Waals surface area contributed by atoms with Crippen LogP contribution >= 0.6 is 0 Å². The molecule has 0 aliphatic carbocycles. The van der Waals surface area contributed by atoms with Crippen molar-refractivity contribution >= 4 is 16.6 Å². The molecule has 3 aromatic rings. The molecule has 0 aliphatic heterocycles. The molecular weight excluding hydrogens is 326 g/mol. The number of ether oxygens (including phenoxy) is 2. The number of rotatable bonds is 6. The standard InChI is InChI=1S/C17H17N3O5/c1-18-7-5-12-6-8-19(17(21)16(12)18)9-10-25-15-4-3-13(24-2)11-14(15)20(22)23/h3-8,11H,9-10H2,1-2H3. The number of hydrogen-bond acceptors (Lipinski definition) is 5.